The molecule has 2 N–H and O–H groups in total. The van der Waals surface area contributed by atoms with Gasteiger partial charge in [-0.05, 0) is 32.0 Å². The number of anilines is 1. The van der Waals surface area contributed by atoms with Gasteiger partial charge in [0.15, 0.2) is 0 Å². The van der Waals surface area contributed by atoms with Gasteiger partial charge in [-0.15, -0.1) is 0 Å². The van der Waals surface area contributed by atoms with E-state index in [0.717, 1.165) is 34.3 Å². The van der Waals surface area contributed by atoms with Crippen molar-refractivity contribution >= 4 is 5.69 Å². The molecule has 0 aliphatic heterocycles. The normalized spacial score (nSPS) is 10.7. The predicted molar refractivity (Wildman–Crippen MR) is 79.5 cm³/mol. The molecule has 4 nitrogen and oxygen atoms in total. The number of hydrogen-bond donors (Lipinski definition) is 2. The van der Waals surface area contributed by atoms with E-state index < -0.39 is 0 Å². The van der Waals surface area contributed by atoms with Gasteiger partial charge in [-0.25, -0.2) is 4.98 Å². The summed E-state index contributed by atoms with van der Waals surface area (Å²) in [5.41, 5.74) is 3.14. The average molecular weight is 267 g/mol. The number of furan rings is 1. The second kappa shape index (κ2) is 5.25. The van der Waals surface area contributed by atoms with E-state index in [1.807, 2.05) is 56.4 Å². The van der Waals surface area contributed by atoms with Gasteiger partial charge in [0.2, 0.25) is 0 Å². The van der Waals surface area contributed by atoms with Crippen molar-refractivity contribution in [3.63, 3.8) is 0 Å². The molecular weight excluding hydrogens is 250 g/mol. The van der Waals surface area contributed by atoms with Crippen molar-refractivity contribution < 1.29 is 4.42 Å². The number of nitrogens with zero attached hydrogens (tertiary/aromatic N) is 1. The first-order valence-corrected chi connectivity index (χ1v) is 6.62. The van der Waals surface area contributed by atoms with Crippen molar-refractivity contribution in [1.82, 2.24) is 9.97 Å². The van der Waals surface area contributed by atoms with Crippen LogP contribution in [-0.2, 0) is 6.54 Å². The van der Waals surface area contributed by atoms with E-state index in [1.54, 1.807) is 0 Å². The molecule has 0 bridgehead atoms. The van der Waals surface area contributed by atoms with Crippen LogP contribution in [0, 0.1) is 13.8 Å². The minimum absolute atomic E-state index is 0.667. The maximum atomic E-state index is 5.54. The van der Waals surface area contributed by atoms with E-state index in [0.29, 0.717) is 6.54 Å². The molecule has 0 aliphatic carbocycles. The van der Waals surface area contributed by atoms with Crippen molar-refractivity contribution in [2.75, 3.05) is 5.32 Å². The van der Waals surface area contributed by atoms with Crippen molar-refractivity contribution in [3.8, 4) is 11.3 Å². The zero-order valence-corrected chi connectivity index (χ0v) is 11.6. The number of imidazole rings is 1. The van der Waals surface area contributed by atoms with E-state index in [1.165, 1.54) is 0 Å². The highest BCUT2D eigenvalue weighted by Crippen LogP contribution is 2.24. The first-order valence-electron chi connectivity index (χ1n) is 6.62. The van der Waals surface area contributed by atoms with Gasteiger partial charge in [0, 0.05) is 11.3 Å². The lowest BCUT2D eigenvalue weighted by molar-refractivity contribution is 0.505. The number of para-hydroxylation sites is 1. The molecule has 0 radical (unpaired) electrons. The zero-order chi connectivity index (χ0) is 13.9. The molecule has 0 fully saturated rings. The van der Waals surface area contributed by atoms with Crippen LogP contribution in [0.3, 0.4) is 0 Å². The van der Waals surface area contributed by atoms with E-state index in [2.05, 4.69) is 15.3 Å². The van der Waals surface area contributed by atoms with Gasteiger partial charge in [0.25, 0.3) is 0 Å². The number of hydrogen-bond acceptors (Lipinski definition) is 3. The molecule has 3 rings (SSSR count). The Balaban J connectivity index is 1.73. The van der Waals surface area contributed by atoms with Gasteiger partial charge >= 0.3 is 0 Å². The highest BCUT2D eigenvalue weighted by Gasteiger charge is 2.10. The molecule has 1 aromatic carbocycles. The Hall–Kier alpha value is -2.49. The molecule has 0 unspecified atom stereocenters. The number of benzene rings is 1. The summed E-state index contributed by atoms with van der Waals surface area (Å²) >= 11 is 0. The summed E-state index contributed by atoms with van der Waals surface area (Å²) in [4.78, 5) is 7.72. The molecule has 4 heteroatoms. The second-order valence-corrected chi connectivity index (χ2v) is 4.79. The predicted octanol–water partition coefficient (Wildman–Crippen LogP) is 3.90. The van der Waals surface area contributed by atoms with Crippen LogP contribution < -0.4 is 5.32 Å². The molecule has 0 saturated carbocycles. The third-order valence-corrected chi connectivity index (χ3v) is 3.19. The minimum Gasteiger partial charge on any atom is -0.466 e. The molecule has 0 aliphatic rings. The highest BCUT2D eigenvalue weighted by molar-refractivity contribution is 5.61. The van der Waals surface area contributed by atoms with E-state index >= 15 is 0 Å². The van der Waals surface area contributed by atoms with Crippen molar-refractivity contribution in [1.29, 1.82) is 0 Å². The zero-order valence-electron chi connectivity index (χ0n) is 11.6. The summed E-state index contributed by atoms with van der Waals surface area (Å²) < 4.78 is 5.54. The topological polar surface area (TPSA) is 53.9 Å². The lowest BCUT2D eigenvalue weighted by Gasteiger charge is -2.03. The lowest BCUT2D eigenvalue weighted by atomic mass is 10.2. The number of aryl methyl sites for hydroxylation is 2. The molecule has 102 valence electrons. The monoisotopic (exact) mass is 267 g/mol. The second-order valence-electron chi connectivity index (χ2n) is 4.79. The Morgan fingerprint density at radius 3 is 2.70 bits per heavy atom. The lowest BCUT2D eigenvalue weighted by Crippen LogP contribution is -2.00. The molecule has 2 aromatic heterocycles. The number of aromatic nitrogens is 2. The first kappa shape index (κ1) is 12.5. The summed E-state index contributed by atoms with van der Waals surface area (Å²) in [6, 6.07) is 12.1. The van der Waals surface area contributed by atoms with Gasteiger partial charge in [0.05, 0.1) is 18.4 Å². The molecule has 2 heterocycles. The summed E-state index contributed by atoms with van der Waals surface area (Å²) in [5.74, 6) is 2.73. The Morgan fingerprint density at radius 2 is 2.00 bits per heavy atom. The summed E-state index contributed by atoms with van der Waals surface area (Å²) in [7, 11) is 0. The van der Waals surface area contributed by atoms with Crippen LogP contribution in [0.5, 0.6) is 0 Å². The van der Waals surface area contributed by atoms with E-state index in [-0.39, 0.29) is 0 Å². The summed E-state index contributed by atoms with van der Waals surface area (Å²) in [6.45, 7) is 4.58. The Bertz CT molecular complexity index is 698. The fourth-order valence-electron chi connectivity index (χ4n) is 2.23. The maximum absolute atomic E-state index is 5.54. The maximum Gasteiger partial charge on any atom is 0.125 e. The quantitative estimate of drug-likeness (QED) is 0.753. The Kier molecular flexibility index (Phi) is 3.29. The van der Waals surface area contributed by atoms with Crippen LogP contribution in [0.1, 0.15) is 17.3 Å². The number of rotatable bonds is 4. The Morgan fingerprint density at radius 1 is 1.20 bits per heavy atom. The fourth-order valence-corrected chi connectivity index (χ4v) is 2.23. The molecule has 20 heavy (non-hydrogen) atoms. The standard InChI is InChI=1S/C16H17N3O/c1-11-8-14(12(2)20-11)15-9-18-16(19-15)10-17-13-6-4-3-5-7-13/h3-9,17H,10H2,1-2H3,(H,18,19). The van der Waals surface area contributed by atoms with Crippen LogP contribution in [-0.4, -0.2) is 9.97 Å². The Labute approximate surface area is 117 Å². The van der Waals surface area contributed by atoms with E-state index in [9.17, 15) is 0 Å². The van der Waals surface area contributed by atoms with Crippen LogP contribution >= 0.6 is 0 Å². The third kappa shape index (κ3) is 2.59. The fraction of sp³-hybridized carbons (Fsp3) is 0.188. The molecule has 3 aromatic rings. The molecule has 0 spiro atoms. The SMILES string of the molecule is Cc1cc(-c2cnc(CNc3ccccc3)[nH]2)c(C)o1. The molecule has 0 amide bonds. The molecule has 0 saturated heterocycles. The smallest absolute Gasteiger partial charge is 0.125 e. The highest BCUT2D eigenvalue weighted by atomic mass is 16.3. The van der Waals surface area contributed by atoms with Crippen LogP contribution in [0.25, 0.3) is 11.3 Å². The average Bonchev–Trinajstić information content (AvgIpc) is 3.04. The van der Waals surface area contributed by atoms with Crippen molar-refractivity contribution in [3.05, 3.63) is 59.9 Å². The third-order valence-electron chi connectivity index (χ3n) is 3.19. The largest absolute Gasteiger partial charge is 0.466 e. The number of H-pyrrole nitrogens is 1. The van der Waals surface area contributed by atoms with Crippen molar-refractivity contribution in [2.24, 2.45) is 0 Å². The van der Waals surface area contributed by atoms with Gasteiger partial charge in [0.1, 0.15) is 17.3 Å². The first-order chi connectivity index (χ1) is 9.72. The van der Waals surface area contributed by atoms with Gasteiger partial charge in [-0.1, -0.05) is 18.2 Å². The van der Waals surface area contributed by atoms with Crippen LogP contribution in [0.4, 0.5) is 5.69 Å². The van der Waals surface area contributed by atoms with Gasteiger partial charge < -0.3 is 14.7 Å². The van der Waals surface area contributed by atoms with E-state index in [4.69, 9.17) is 4.42 Å². The number of aromatic amines is 1. The summed E-state index contributed by atoms with van der Waals surface area (Å²) in [5, 5.41) is 3.33. The summed E-state index contributed by atoms with van der Waals surface area (Å²) in [6.07, 6.45) is 1.85. The minimum atomic E-state index is 0.667. The molecule has 0 atom stereocenters. The van der Waals surface area contributed by atoms with Crippen molar-refractivity contribution in [2.45, 2.75) is 20.4 Å². The van der Waals surface area contributed by atoms with Gasteiger partial charge in [-0.2, -0.15) is 0 Å². The molecular formula is C16H17N3O. The number of nitrogens with one attached hydrogen (secondary N) is 2. The van der Waals surface area contributed by atoms with Crippen LogP contribution in [0.15, 0.2) is 47.0 Å². The van der Waals surface area contributed by atoms with Crippen LogP contribution in [0.2, 0.25) is 0 Å². The van der Waals surface area contributed by atoms with Gasteiger partial charge in [-0.3, -0.25) is 0 Å².